The Morgan fingerprint density at radius 3 is 0.907 bits per heavy atom. The van der Waals surface area contributed by atoms with Crippen molar-refractivity contribution >= 4 is 33.6 Å². The SMILES string of the molecule is CC/C=C\C/C=C\C/C=C\C/C=C\C/C=C\CCCCCCCCCCCCCCCCCCCCCC(=O)OCC(O)COP(=O)(O)OCC(O)COP(=O)(O)OCC(COC(=O)CCCCCCC/C=C\C/C=C\CCCCC)OC(=O)CCCCCCC/C=C\CCCC. The summed E-state index contributed by atoms with van der Waals surface area (Å²) in [6.07, 6.45) is 82.2. The molecule has 0 spiro atoms. The van der Waals surface area contributed by atoms with Gasteiger partial charge in [0.05, 0.1) is 26.4 Å². The average Bonchev–Trinajstić information content (AvgIpc) is 2.25. The van der Waals surface area contributed by atoms with E-state index in [1.54, 1.807) is 0 Å². The van der Waals surface area contributed by atoms with E-state index in [1.165, 1.54) is 135 Å². The first-order valence-electron chi connectivity index (χ1n) is 38.5. The predicted molar refractivity (Wildman–Crippen MR) is 399 cm³/mol. The van der Waals surface area contributed by atoms with Gasteiger partial charge in [-0.2, -0.15) is 0 Å². The Labute approximate surface area is 590 Å². The molecule has 0 aromatic heterocycles. The molecule has 562 valence electrons. The number of rotatable bonds is 73. The third-order valence-electron chi connectivity index (χ3n) is 16.3. The van der Waals surface area contributed by atoms with Crippen LogP contribution in [0.2, 0.25) is 0 Å². The van der Waals surface area contributed by atoms with Crippen LogP contribution in [0.15, 0.2) is 97.2 Å². The van der Waals surface area contributed by atoms with Gasteiger partial charge in [-0.05, 0) is 116 Å². The average molecular weight is 1410 g/mol. The first kappa shape index (κ1) is 93.5. The van der Waals surface area contributed by atoms with E-state index in [2.05, 4.69) is 118 Å². The van der Waals surface area contributed by atoms with Crippen molar-refractivity contribution in [3.05, 3.63) is 97.2 Å². The molecule has 0 saturated carbocycles. The summed E-state index contributed by atoms with van der Waals surface area (Å²) >= 11 is 0. The second kappa shape index (κ2) is 72.3. The number of aliphatic hydroxyl groups is 2. The molecule has 5 atom stereocenters. The smallest absolute Gasteiger partial charge is 0.463 e. The number of hydrogen-bond donors (Lipinski definition) is 4. The van der Waals surface area contributed by atoms with Crippen molar-refractivity contribution in [2.24, 2.45) is 0 Å². The molecule has 0 aromatic carbocycles. The van der Waals surface area contributed by atoms with E-state index in [-0.39, 0.29) is 19.3 Å². The van der Waals surface area contributed by atoms with Gasteiger partial charge in [-0.25, -0.2) is 9.13 Å². The van der Waals surface area contributed by atoms with Crippen molar-refractivity contribution in [3.63, 3.8) is 0 Å². The molecule has 4 N–H and O–H groups in total. The zero-order valence-corrected chi connectivity index (χ0v) is 63.0. The van der Waals surface area contributed by atoms with Gasteiger partial charge < -0.3 is 34.2 Å². The van der Waals surface area contributed by atoms with E-state index in [0.29, 0.717) is 19.3 Å². The molecule has 16 nitrogen and oxygen atoms in total. The third-order valence-corrected chi connectivity index (χ3v) is 18.2. The molecule has 0 aliphatic heterocycles. The van der Waals surface area contributed by atoms with E-state index in [0.717, 1.165) is 135 Å². The van der Waals surface area contributed by atoms with Crippen LogP contribution in [0.4, 0.5) is 0 Å². The van der Waals surface area contributed by atoms with Gasteiger partial charge in [0.1, 0.15) is 25.4 Å². The number of aliphatic hydroxyl groups excluding tert-OH is 2. The van der Waals surface area contributed by atoms with Gasteiger partial charge in [0, 0.05) is 19.3 Å². The molecule has 0 fully saturated rings. The fraction of sp³-hybridized carbons (Fsp3) is 0.759. The lowest BCUT2D eigenvalue weighted by molar-refractivity contribution is -0.161. The molecule has 0 aliphatic carbocycles. The molecule has 0 saturated heterocycles. The Bertz CT molecular complexity index is 2150. The number of phosphoric acid groups is 2. The second-order valence-electron chi connectivity index (χ2n) is 25.8. The highest BCUT2D eigenvalue weighted by Crippen LogP contribution is 2.45. The Kier molecular flexibility index (Phi) is 69.6. The van der Waals surface area contributed by atoms with Gasteiger partial charge in [-0.15, -0.1) is 0 Å². The van der Waals surface area contributed by atoms with Crippen molar-refractivity contribution in [1.29, 1.82) is 0 Å². The second-order valence-corrected chi connectivity index (χ2v) is 28.7. The van der Waals surface area contributed by atoms with Crippen molar-refractivity contribution in [3.8, 4) is 0 Å². The van der Waals surface area contributed by atoms with Gasteiger partial charge in [-0.3, -0.25) is 32.5 Å². The molecule has 0 aliphatic rings. The van der Waals surface area contributed by atoms with Crippen LogP contribution < -0.4 is 0 Å². The molecule has 0 heterocycles. The van der Waals surface area contributed by atoms with Gasteiger partial charge in [-0.1, -0.05) is 291 Å². The molecular formula is C79H140O16P2. The topological polar surface area (TPSA) is 231 Å². The van der Waals surface area contributed by atoms with E-state index in [9.17, 15) is 43.5 Å². The molecule has 0 bridgehead atoms. The molecule has 0 rings (SSSR count). The lowest BCUT2D eigenvalue weighted by Crippen LogP contribution is -2.30. The van der Waals surface area contributed by atoms with Crippen molar-refractivity contribution < 1.29 is 75.8 Å². The lowest BCUT2D eigenvalue weighted by Gasteiger charge is -2.21. The molecule has 0 amide bonds. The van der Waals surface area contributed by atoms with Gasteiger partial charge in [0.2, 0.25) is 0 Å². The number of carbonyl (C=O) groups is 3. The van der Waals surface area contributed by atoms with Gasteiger partial charge in [0.15, 0.2) is 6.10 Å². The maximum absolute atomic E-state index is 12.9. The van der Waals surface area contributed by atoms with Crippen LogP contribution in [0.3, 0.4) is 0 Å². The predicted octanol–water partition coefficient (Wildman–Crippen LogP) is 22.2. The number of carbonyl (C=O) groups excluding carboxylic acids is 3. The number of allylic oxidation sites excluding steroid dienone is 16. The zero-order valence-electron chi connectivity index (χ0n) is 61.2. The molecule has 97 heavy (non-hydrogen) atoms. The minimum Gasteiger partial charge on any atom is -0.463 e. The van der Waals surface area contributed by atoms with Crippen molar-refractivity contribution in [2.45, 2.75) is 347 Å². The molecule has 0 radical (unpaired) electrons. The standard InChI is InChI=1S/C79H140O16P2/c1-4-7-10-13-16-19-22-24-26-27-28-29-30-31-32-33-34-35-36-37-38-39-40-41-42-43-44-45-47-49-51-53-56-59-62-65-77(82)89-68-74(80)69-91-96(85,86)92-70-75(81)71-93-97(87,88)94-73-76(95-79(84)67-64-61-58-55-50-21-18-15-12-9-6-3)72-90-78(83)66-63-60-57-54-52-48-46-25-23-20-17-14-11-8-5-2/h7,10,15-20,24-26,28-29,31-32,46,74-76,80-81H,4-6,8-9,11-14,21-23,27,30,33-45,47-73H2,1-3H3,(H,85,86)(H,87,88)/b10-7-,18-15-,19-16-,20-17-,26-24-,29-28-,32-31-,46-25-. The number of ether oxygens (including phenoxy) is 3. The van der Waals surface area contributed by atoms with Crippen molar-refractivity contribution in [2.75, 3.05) is 39.6 Å². The van der Waals surface area contributed by atoms with Crippen molar-refractivity contribution in [1.82, 2.24) is 0 Å². The van der Waals surface area contributed by atoms with Crippen LogP contribution in [-0.2, 0) is 55.8 Å². The van der Waals surface area contributed by atoms with Crippen LogP contribution in [-0.4, -0.2) is 95.9 Å². The normalized spacial score (nSPS) is 14.6. The summed E-state index contributed by atoms with van der Waals surface area (Å²) in [5.41, 5.74) is 0. The van der Waals surface area contributed by atoms with Crippen LogP contribution in [0.1, 0.15) is 329 Å². The molecule has 18 heteroatoms. The van der Waals surface area contributed by atoms with Crippen LogP contribution in [0.25, 0.3) is 0 Å². The third kappa shape index (κ3) is 73.5. The Morgan fingerprint density at radius 1 is 0.299 bits per heavy atom. The number of esters is 3. The van der Waals surface area contributed by atoms with E-state index in [1.807, 2.05) is 0 Å². The van der Waals surface area contributed by atoms with E-state index in [4.69, 9.17) is 32.3 Å². The summed E-state index contributed by atoms with van der Waals surface area (Å²) in [5, 5.41) is 20.6. The van der Waals surface area contributed by atoms with Gasteiger partial charge >= 0.3 is 33.6 Å². The fourth-order valence-corrected chi connectivity index (χ4v) is 12.0. The number of hydrogen-bond acceptors (Lipinski definition) is 14. The summed E-state index contributed by atoms with van der Waals surface area (Å²) in [6, 6.07) is 0. The monoisotopic (exact) mass is 1410 g/mol. The Balaban J connectivity index is 4.27. The number of phosphoric ester groups is 2. The Morgan fingerprint density at radius 2 is 0.557 bits per heavy atom. The minimum atomic E-state index is -4.92. The fourth-order valence-electron chi connectivity index (χ4n) is 10.4. The lowest BCUT2D eigenvalue weighted by atomic mass is 10.0. The van der Waals surface area contributed by atoms with Gasteiger partial charge in [0.25, 0.3) is 0 Å². The summed E-state index contributed by atoms with van der Waals surface area (Å²) in [6.45, 7) is 2.49. The zero-order chi connectivity index (χ0) is 70.9. The first-order valence-corrected chi connectivity index (χ1v) is 41.5. The number of unbranched alkanes of at least 4 members (excludes halogenated alkanes) is 34. The summed E-state index contributed by atoms with van der Waals surface area (Å²) in [4.78, 5) is 58.4. The molecular weight excluding hydrogens is 1270 g/mol. The summed E-state index contributed by atoms with van der Waals surface area (Å²) in [7, 11) is -9.77. The summed E-state index contributed by atoms with van der Waals surface area (Å²) in [5.74, 6) is -1.59. The molecule has 5 unspecified atom stereocenters. The largest absolute Gasteiger partial charge is 0.472 e. The Hall–Kier alpha value is -3.53. The van der Waals surface area contributed by atoms with E-state index >= 15 is 0 Å². The maximum Gasteiger partial charge on any atom is 0.472 e. The van der Waals surface area contributed by atoms with E-state index < -0.39 is 91.5 Å². The first-order chi connectivity index (χ1) is 47.2. The molecule has 0 aromatic rings. The van der Waals surface area contributed by atoms with Crippen LogP contribution >= 0.6 is 15.6 Å². The highest BCUT2D eigenvalue weighted by molar-refractivity contribution is 7.47. The van der Waals surface area contributed by atoms with Crippen LogP contribution in [0, 0.1) is 0 Å². The summed E-state index contributed by atoms with van der Waals surface area (Å²) < 4.78 is 60.9. The minimum absolute atomic E-state index is 0.0925. The maximum atomic E-state index is 12.9. The van der Waals surface area contributed by atoms with Crippen LogP contribution in [0.5, 0.6) is 0 Å². The highest BCUT2D eigenvalue weighted by Gasteiger charge is 2.29. The quantitative estimate of drug-likeness (QED) is 0.0146. The highest BCUT2D eigenvalue weighted by atomic mass is 31.2.